The van der Waals surface area contributed by atoms with Gasteiger partial charge in [0.1, 0.15) is 0 Å². The molecule has 0 aromatic rings. The monoisotopic (exact) mass is 232 g/mol. The van der Waals surface area contributed by atoms with Crippen molar-refractivity contribution in [3.8, 4) is 0 Å². The smallest absolute Gasteiger partial charge is 0.00286 e. The number of allylic oxidation sites excluding steroid dienone is 2. The van der Waals surface area contributed by atoms with Gasteiger partial charge in [-0.25, -0.2) is 0 Å². The lowest BCUT2D eigenvalue weighted by molar-refractivity contribution is 0.0729. The molecular weight excluding hydrogens is 204 g/mol. The molecule has 0 spiro atoms. The summed E-state index contributed by atoms with van der Waals surface area (Å²) in [7, 11) is 0. The summed E-state index contributed by atoms with van der Waals surface area (Å²) in [5.74, 6) is 1.97. The molecule has 0 amide bonds. The third-order valence-electron chi connectivity index (χ3n) is 6.77. The molecule has 96 valence electrons. The minimum absolute atomic E-state index is 0.635. The lowest BCUT2D eigenvalue weighted by Crippen LogP contribution is -2.38. The number of fused-ring (bicyclic) bond motifs is 2. The molecule has 4 atom stereocenters. The van der Waals surface area contributed by atoms with E-state index in [0.717, 1.165) is 11.8 Å². The Balaban J connectivity index is 1.94. The third kappa shape index (κ3) is 1.42. The number of hydrogen-bond donors (Lipinski definition) is 0. The Hall–Kier alpha value is -0.260. The number of hydrogen-bond acceptors (Lipinski definition) is 0. The van der Waals surface area contributed by atoms with Crippen molar-refractivity contribution in [1.29, 1.82) is 0 Å². The average molecular weight is 232 g/mol. The van der Waals surface area contributed by atoms with Crippen molar-refractivity contribution in [2.24, 2.45) is 22.7 Å². The van der Waals surface area contributed by atoms with E-state index in [1.807, 2.05) is 0 Å². The van der Waals surface area contributed by atoms with E-state index in [4.69, 9.17) is 0 Å². The molecule has 0 nitrogen and oxygen atoms in total. The van der Waals surface area contributed by atoms with Crippen LogP contribution >= 0.6 is 0 Å². The molecule has 17 heavy (non-hydrogen) atoms. The first-order valence-electron chi connectivity index (χ1n) is 7.85. The lowest BCUT2D eigenvalue weighted by atomic mass is 9.57. The van der Waals surface area contributed by atoms with Crippen LogP contribution in [0, 0.1) is 22.7 Å². The zero-order chi connectivity index (χ0) is 12.1. The Morgan fingerprint density at radius 1 is 1.18 bits per heavy atom. The zero-order valence-electron chi connectivity index (χ0n) is 11.9. The molecule has 0 N–H and O–H groups in total. The van der Waals surface area contributed by atoms with Crippen LogP contribution in [-0.2, 0) is 0 Å². The lowest BCUT2D eigenvalue weighted by Gasteiger charge is -2.47. The van der Waals surface area contributed by atoms with Gasteiger partial charge in [-0.1, -0.05) is 31.9 Å². The maximum Gasteiger partial charge on any atom is -0.00286 e. The Kier molecular flexibility index (Phi) is 2.69. The van der Waals surface area contributed by atoms with Crippen LogP contribution in [-0.4, -0.2) is 0 Å². The molecule has 3 unspecified atom stereocenters. The first kappa shape index (κ1) is 11.8. The maximum atomic E-state index is 2.63. The van der Waals surface area contributed by atoms with Gasteiger partial charge in [0.05, 0.1) is 0 Å². The van der Waals surface area contributed by atoms with E-state index >= 15 is 0 Å². The summed E-state index contributed by atoms with van der Waals surface area (Å²) in [6, 6.07) is 0. The molecule has 2 fully saturated rings. The fourth-order valence-corrected chi connectivity index (χ4v) is 5.68. The Morgan fingerprint density at radius 2 is 2.00 bits per heavy atom. The predicted octanol–water partition coefficient (Wildman–Crippen LogP) is 5.34. The van der Waals surface area contributed by atoms with Crippen molar-refractivity contribution < 1.29 is 0 Å². The summed E-state index contributed by atoms with van der Waals surface area (Å²) < 4.78 is 0. The highest BCUT2D eigenvalue weighted by molar-refractivity contribution is 5.29. The van der Waals surface area contributed by atoms with E-state index in [0.29, 0.717) is 10.8 Å². The van der Waals surface area contributed by atoms with Crippen LogP contribution in [0.4, 0.5) is 0 Å². The fourth-order valence-electron chi connectivity index (χ4n) is 5.68. The third-order valence-corrected chi connectivity index (χ3v) is 6.77. The van der Waals surface area contributed by atoms with E-state index < -0.39 is 0 Å². The van der Waals surface area contributed by atoms with Crippen molar-refractivity contribution in [3.05, 3.63) is 11.6 Å². The van der Waals surface area contributed by atoms with E-state index in [-0.39, 0.29) is 0 Å². The predicted molar refractivity (Wildman–Crippen MR) is 73.9 cm³/mol. The topological polar surface area (TPSA) is 0 Å². The molecule has 0 radical (unpaired) electrons. The van der Waals surface area contributed by atoms with Gasteiger partial charge in [-0.15, -0.1) is 0 Å². The molecule has 0 heterocycles. The molecule has 3 aliphatic carbocycles. The van der Waals surface area contributed by atoms with Crippen LogP contribution in [0.1, 0.15) is 72.1 Å². The van der Waals surface area contributed by atoms with Crippen molar-refractivity contribution in [2.45, 2.75) is 72.1 Å². The largest absolute Gasteiger partial charge is 0.0819 e. The van der Waals surface area contributed by atoms with Gasteiger partial charge in [-0.3, -0.25) is 0 Å². The van der Waals surface area contributed by atoms with Gasteiger partial charge >= 0.3 is 0 Å². The van der Waals surface area contributed by atoms with Gasteiger partial charge in [0.25, 0.3) is 0 Å². The molecule has 0 aromatic carbocycles. The quantitative estimate of drug-likeness (QED) is 0.576. The van der Waals surface area contributed by atoms with Gasteiger partial charge in [-0.2, -0.15) is 0 Å². The fraction of sp³-hybridized carbons (Fsp3) is 0.882. The molecule has 3 aliphatic rings. The van der Waals surface area contributed by atoms with Crippen LogP contribution < -0.4 is 0 Å². The van der Waals surface area contributed by atoms with Crippen LogP contribution in [0.2, 0.25) is 0 Å². The second-order valence-corrected chi connectivity index (χ2v) is 7.09. The van der Waals surface area contributed by atoms with Crippen molar-refractivity contribution >= 4 is 0 Å². The molecule has 2 saturated carbocycles. The van der Waals surface area contributed by atoms with E-state index in [1.54, 1.807) is 5.57 Å². The summed E-state index contributed by atoms with van der Waals surface area (Å²) in [5, 5.41) is 0. The van der Waals surface area contributed by atoms with Gasteiger partial charge in [0.15, 0.2) is 0 Å². The molecule has 0 saturated heterocycles. The second-order valence-electron chi connectivity index (χ2n) is 7.09. The summed E-state index contributed by atoms with van der Waals surface area (Å²) in [4.78, 5) is 0. The van der Waals surface area contributed by atoms with E-state index in [1.165, 1.54) is 51.4 Å². The Morgan fingerprint density at radius 3 is 2.47 bits per heavy atom. The van der Waals surface area contributed by atoms with Crippen LogP contribution in [0.5, 0.6) is 0 Å². The normalized spacial score (nSPS) is 48.8. The van der Waals surface area contributed by atoms with Crippen LogP contribution in [0.15, 0.2) is 11.6 Å². The zero-order valence-corrected chi connectivity index (χ0v) is 11.9. The Labute approximate surface area is 107 Å². The first-order chi connectivity index (χ1) is 8.16. The second kappa shape index (κ2) is 3.87. The number of rotatable bonds is 3. The highest BCUT2D eigenvalue weighted by atomic mass is 14.6. The molecule has 0 heteroatoms. The van der Waals surface area contributed by atoms with Gasteiger partial charge in [0.2, 0.25) is 0 Å². The first-order valence-corrected chi connectivity index (χ1v) is 7.85. The van der Waals surface area contributed by atoms with Crippen molar-refractivity contribution in [3.63, 3.8) is 0 Å². The summed E-state index contributed by atoms with van der Waals surface area (Å²) >= 11 is 0. The van der Waals surface area contributed by atoms with Gasteiger partial charge in [0, 0.05) is 0 Å². The molecule has 0 aromatic heterocycles. The molecular formula is C17H28. The Bertz CT molecular complexity index is 340. The molecule has 0 aliphatic heterocycles. The average Bonchev–Trinajstić information content (AvgIpc) is 3.00. The van der Waals surface area contributed by atoms with Gasteiger partial charge in [-0.05, 0) is 74.5 Å². The van der Waals surface area contributed by atoms with E-state index in [9.17, 15) is 0 Å². The molecule has 3 rings (SSSR count). The maximum absolute atomic E-state index is 2.63. The van der Waals surface area contributed by atoms with Crippen molar-refractivity contribution in [2.75, 3.05) is 0 Å². The SMILES string of the molecule is CCC1CCC(CC)([C@]23CCC(C=C2C)C3)C1. The van der Waals surface area contributed by atoms with E-state index in [2.05, 4.69) is 26.8 Å². The minimum atomic E-state index is 0.635. The standard InChI is InChI=1S/C17H28/c1-4-14-6-8-16(5-2,11-14)17-9-7-15(12-17)10-13(17)3/h10,14-15H,4-9,11-12H2,1-3H3/t14?,15?,16?,17-/m0/s1. The minimum Gasteiger partial charge on any atom is -0.0819 e. The highest BCUT2D eigenvalue weighted by Gasteiger charge is 2.58. The van der Waals surface area contributed by atoms with Crippen LogP contribution in [0.25, 0.3) is 0 Å². The summed E-state index contributed by atoms with van der Waals surface area (Å²) in [6.07, 6.45) is 14.5. The molecule has 2 bridgehead atoms. The van der Waals surface area contributed by atoms with Crippen molar-refractivity contribution in [1.82, 2.24) is 0 Å². The highest BCUT2D eigenvalue weighted by Crippen LogP contribution is 2.69. The van der Waals surface area contributed by atoms with Gasteiger partial charge < -0.3 is 0 Å². The van der Waals surface area contributed by atoms with Crippen LogP contribution in [0.3, 0.4) is 0 Å². The summed E-state index contributed by atoms with van der Waals surface area (Å²) in [5.41, 5.74) is 3.09. The summed E-state index contributed by atoms with van der Waals surface area (Å²) in [6.45, 7) is 7.30.